The van der Waals surface area contributed by atoms with Gasteiger partial charge in [-0.3, -0.25) is 15.0 Å². The summed E-state index contributed by atoms with van der Waals surface area (Å²) in [5.41, 5.74) is 0.493. The number of amides is 3. The van der Waals surface area contributed by atoms with Gasteiger partial charge in [0.1, 0.15) is 5.82 Å². The Bertz CT molecular complexity index is 1130. The molecule has 8 heteroatoms. The Morgan fingerprint density at radius 1 is 0.914 bits per heavy atom. The van der Waals surface area contributed by atoms with Crippen LogP contribution in [-0.2, 0) is 0 Å². The molecule has 0 spiro atoms. The number of fused-ring (bicyclic) bond motifs is 1. The van der Waals surface area contributed by atoms with Gasteiger partial charge in [-0.15, -0.1) is 0 Å². The SMILES string of the molecule is O=C(NC(=O)c1ccccc1)N[C@H]1CC[C@H](CCN2CCN(c3nsc4ccccc34)CC2)CC1. The number of urea groups is 1. The van der Waals surface area contributed by atoms with E-state index in [9.17, 15) is 9.59 Å². The maximum absolute atomic E-state index is 12.2. The van der Waals surface area contributed by atoms with Crippen molar-refractivity contribution >= 4 is 39.4 Å². The van der Waals surface area contributed by atoms with Gasteiger partial charge in [-0.2, -0.15) is 4.37 Å². The zero-order valence-corrected chi connectivity index (χ0v) is 20.8. The van der Waals surface area contributed by atoms with Crippen molar-refractivity contribution in [2.24, 2.45) is 5.92 Å². The first kappa shape index (κ1) is 23.8. The van der Waals surface area contributed by atoms with Crippen LogP contribution in [0.4, 0.5) is 10.6 Å². The molecule has 2 aliphatic rings. The number of carbonyl (C=O) groups is 2. The quantitative estimate of drug-likeness (QED) is 0.531. The molecule has 0 atom stereocenters. The summed E-state index contributed by atoms with van der Waals surface area (Å²) in [6, 6.07) is 17.1. The van der Waals surface area contributed by atoms with Crippen LogP contribution in [0.15, 0.2) is 54.6 Å². The molecule has 184 valence electrons. The average Bonchev–Trinajstić information content (AvgIpc) is 3.33. The number of anilines is 1. The first-order chi connectivity index (χ1) is 17.2. The molecule has 0 unspecified atom stereocenters. The molecule has 7 nitrogen and oxygen atoms in total. The summed E-state index contributed by atoms with van der Waals surface area (Å²) in [4.78, 5) is 29.4. The Morgan fingerprint density at radius 2 is 1.63 bits per heavy atom. The molecule has 3 amide bonds. The van der Waals surface area contributed by atoms with E-state index in [0.717, 1.165) is 64.2 Å². The van der Waals surface area contributed by atoms with Crippen molar-refractivity contribution in [1.82, 2.24) is 19.9 Å². The first-order valence-corrected chi connectivity index (χ1v) is 13.4. The topological polar surface area (TPSA) is 77.6 Å². The normalized spacial score (nSPS) is 21.1. The molecule has 2 N–H and O–H groups in total. The number of benzene rings is 2. The van der Waals surface area contributed by atoms with Crippen molar-refractivity contribution < 1.29 is 9.59 Å². The molecule has 0 radical (unpaired) electrons. The van der Waals surface area contributed by atoms with Crippen LogP contribution in [0.3, 0.4) is 0 Å². The monoisotopic (exact) mass is 491 g/mol. The third kappa shape index (κ3) is 6.00. The number of nitrogens with zero attached hydrogens (tertiary/aromatic N) is 3. The molecule has 1 saturated carbocycles. The van der Waals surface area contributed by atoms with Crippen LogP contribution in [0.25, 0.3) is 10.1 Å². The maximum atomic E-state index is 12.2. The molecule has 3 aromatic rings. The third-order valence-electron chi connectivity index (χ3n) is 7.33. The second kappa shape index (κ2) is 11.2. The number of rotatable bonds is 6. The standard InChI is InChI=1S/C27H33N5O2S/c33-26(21-6-2-1-3-7-21)29-27(34)28-22-12-10-20(11-13-22)14-15-31-16-18-32(19-17-31)25-23-8-4-5-9-24(23)35-30-25/h1-9,20,22H,10-19H2,(H2,28,29,33,34)/t20-,22-. The van der Waals surface area contributed by atoms with Crippen LogP contribution in [0.5, 0.6) is 0 Å². The van der Waals surface area contributed by atoms with E-state index in [1.54, 1.807) is 35.8 Å². The highest BCUT2D eigenvalue weighted by Gasteiger charge is 2.25. The minimum Gasteiger partial charge on any atom is -0.353 e. The van der Waals surface area contributed by atoms with Crippen molar-refractivity contribution in [3.63, 3.8) is 0 Å². The number of imide groups is 1. The summed E-state index contributed by atoms with van der Waals surface area (Å²) in [5, 5.41) is 6.70. The minimum absolute atomic E-state index is 0.145. The van der Waals surface area contributed by atoms with Gasteiger partial charge in [0, 0.05) is 43.2 Å². The van der Waals surface area contributed by atoms with E-state index < -0.39 is 6.03 Å². The van der Waals surface area contributed by atoms with Gasteiger partial charge in [0.2, 0.25) is 0 Å². The lowest BCUT2D eigenvalue weighted by Crippen LogP contribution is -2.47. The second-order valence-corrected chi connectivity index (χ2v) is 10.4. The average molecular weight is 492 g/mol. The zero-order valence-electron chi connectivity index (χ0n) is 20.0. The van der Waals surface area contributed by atoms with Crippen LogP contribution >= 0.6 is 11.5 Å². The van der Waals surface area contributed by atoms with Gasteiger partial charge in [-0.1, -0.05) is 30.3 Å². The Balaban J connectivity index is 0.994. The molecular formula is C27H33N5O2S. The lowest BCUT2D eigenvalue weighted by atomic mass is 9.84. The summed E-state index contributed by atoms with van der Waals surface area (Å²) < 4.78 is 5.98. The van der Waals surface area contributed by atoms with Crippen molar-refractivity contribution in [2.45, 2.75) is 38.1 Å². The van der Waals surface area contributed by atoms with Gasteiger partial charge >= 0.3 is 6.03 Å². The summed E-state index contributed by atoms with van der Waals surface area (Å²) in [5.74, 6) is 1.49. The van der Waals surface area contributed by atoms with Gasteiger partial charge in [0.15, 0.2) is 0 Å². The van der Waals surface area contributed by atoms with E-state index in [0.29, 0.717) is 11.5 Å². The molecule has 1 aliphatic carbocycles. The Labute approximate surface area is 210 Å². The van der Waals surface area contributed by atoms with Crippen LogP contribution in [0.1, 0.15) is 42.5 Å². The van der Waals surface area contributed by atoms with E-state index in [1.807, 2.05) is 6.07 Å². The van der Waals surface area contributed by atoms with Crippen LogP contribution in [0.2, 0.25) is 0 Å². The summed E-state index contributed by atoms with van der Waals surface area (Å²) in [6.45, 7) is 5.36. The highest BCUT2D eigenvalue weighted by molar-refractivity contribution is 7.13. The lowest BCUT2D eigenvalue weighted by Gasteiger charge is -2.36. The Morgan fingerprint density at radius 3 is 2.40 bits per heavy atom. The first-order valence-electron chi connectivity index (χ1n) is 12.6. The molecule has 2 aromatic carbocycles. The molecule has 1 aliphatic heterocycles. The van der Waals surface area contributed by atoms with Crippen LogP contribution in [0, 0.1) is 5.92 Å². The number of hydrogen-bond acceptors (Lipinski definition) is 6. The fraction of sp³-hybridized carbons (Fsp3) is 0.444. The molecule has 0 bridgehead atoms. The lowest BCUT2D eigenvalue weighted by molar-refractivity contribution is 0.0962. The molecule has 1 aromatic heterocycles. The largest absolute Gasteiger partial charge is 0.353 e. The van der Waals surface area contributed by atoms with Gasteiger partial charge < -0.3 is 10.2 Å². The molecule has 1 saturated heterocycles. The van der Waals surface area contributed by atoms with E-state index >= 15 is 0 Å². The zero-order chi connectivity index (χ0) is 24.0. The van der Waals surface area contributed by atoms with Gasteiger partial charge in [0.25, 0.3) is 5.91 Å². The Kier molecular flexibility index (Phi) is 7.59. The fourth-order valence-corrected chi connectivity index (χ4v) is 6.03. The molecule has 2 heterocycles. The number of piperazine rings is 1. The van der Waals surface area contributed by atoms with Gasteiger partial charge in [-0.25, -0.2) is 4.79 Å². The van der Waals surface area contributed by atoms with E-state index in [4.69, 9.17) is 4.37 Å². The maximum Gasteiger partial charge on any atom is 0.321 e. The number of carbonyl (C=O) groups excluding carboxylic acids is 2. The fourth-order valence-electron chi connectivity index (χ4n) is 5.23. The van der Waals surface area contributed by atoms with Crippen molar-refractivity contribution in [3.8, 4) is 0 Å². The molecule has 35 heavy (non-hydrogen) atoms. The molecule has 5 rings (SSSR count). The van der Waals surface area contributed by atoms with E-state index in [1.165, 1.54) is 16.5 Å². The van der Waals surface area contributed by atoms with Crippen LogP contribution in [-0.4, -0.2) is 60.0 Å². The number of hydrogen-bond donors (Lipinski definition) is 2. The Hall–Kier alpha value is -2.97. The van der Waals surface area contributed by atoms with E-state index in [2.05, 4.69) is 44.7 Å². The molecule has 2 fully saturated rings. The van der Waals surface area contributed by atoms with Crippen LogP contribution < -0.4 is 15.5 Å². The molecular weight excluding hydrogens is 458 g/mol. The van der Waals surface area contributed by atoms with Gasteiger partial charge in [0.05, 0.1) is 4.70 Å². The number of aromatic nitrogens is 1. The predicted molar refractivity (Wildman–Crippen MR) is 141 cm³/mol. The van der Waals surface area contributed by atoms with Gasteiger partial charge in [-0.05, 0) is 80.4 Å². The summed E-state index contributed by atoms with van der Waals surface area (Å²) in [6.07, 6.45) is 5.42. The minimum atomic E-state index is -0.395. The highest BCUT2D eigenvalue weighted by atomic mass is 32.1. The van der Waals surface area contributed by atoms with Crippen molar-refractivity contribution in [1.29, 1.82) is 0 Å². The van der Waals surface area contributed by atoms with Crippen molar-refractivity contribution in [2.75, 3.05) is 37.6 Å². The smallest absolute Gasteiger partial charge is 0.321 e. The van der Waals surface area contributed by atoms with Crippen molar-refractivity contribution in [3.05, 3.63) is 60.2 Å². The predicted octanol–water partition coefficient (Wildman–Crippen LogP) is 4.51. The van der Waals surface area contributed by atoms with E-state index in [-0.39, 0.29) is 11.9 Å². The highest BCUT2D eigenvalue weighted by Crippen LogP contribution is 2.30. The summed E-state index contributed by atoms with van der Waals surface area (Å²) in [7, 11) is 0. The summed E-state index contributed by atoms with van der Waals surface area (Å²) >= 11 is 1.59. The second-order valence-electron chi connectivity index (χ2n) is 9.63. The third-order valence-corrected chi connectivity index (χ3v) is 8.15. The number of nitrogens with one attached hydrogen (secondary N) is 2.